The molecule has 0 unspecified atom stereocenters. The molecular formula is C19H16O2. The number of ether oxygens (including phenoxy) is 2. The minimum atomic E-state index is -0.783. The Bertz CT molecular complexity index is 737. The van der Waals surface area contributed by atoms with Crippen LogP contribution in [-0.2, 0) is 15.3 Å². The lowest BCUT2D eigenvalue weighted by atomic mass is 9.92. The van der Waals surface area contributed by atoms with Crippen LogP contribution in [0.5, 0.6) is 0 Å². The van der Waals surface area contributed by atoms with Crippen LogP contribution in [0.2, 0.25) is 0 Å². The Balaban J connectivity index is 2.02. The van der Waals surface area contributed by atoms with E-state index in [-0.39, 0.29) is 0 Å². The fourth-order valence-corrected chi connectivity index (χ4v) is 3.14. The topological polar surface area (TPSA) is 18.5 Å². The highest BCUT2D eigenvalue weighted by atomic mass is 16.7. The summed E-state index contributed by atoms with van der Waals surface area (Å²) in [6, 6.07) is 14.5. The van der Waals surface area contributed by atoms with Gasteiger partial charge in [0.2, 0.25) is 5.79 Å². The Morgan fingerprint density at radius 1 is 0.905 bits per heavy atom. The van der Waals surface area contributed by atoms with Crippen molar-refractivity contribution in [1.82, 2.24) is 0 Å². The number of fused-ring (bicyclic) bond motifs is 4. The van der Waals surface area contributed by atoms with Gasteiger partial charge in [0, 0.05) is 11.1 Å². The van der Waals surface area contributed by atoms with E-state index in [0.717, 1.165) is 27.8 Å². The molecule has 0 saturated carbocycles. The van der Waals surface area contributed by atoms with Crippen molar-refractivity contribution in [3.8, 4) is 0 Å². The summed E-state index contributed by atoms with van der Waals surface area (Å²) >= 11 is 0. The average Bonchev–Trinajstić information content (AvgIpc) is 2.98. The number of hydrogen-bond acceptors (Lipinski definition) is 2. The van der Waals surface area contributed by atoms with Crippen molar-refractivity contribution in [2.24, 2.45) is 0 Å². The van der Waals surface area contributed by atoms with E-state index in [9.17, 15) is 0 Å². The third-order valence-corrected chi connectivity index (χ3v) is 4.12. The molecule has 2 heteroatoms. The van der Waals surface area contributed by atoms with Crippen LogP contribution < -0.4 is 0 Å². The van der Waals surface area contributed by atoms with Crippen LogP contribution in [0.25, 0.3) is 18.2 Å². The maximum absolute atomic E-state index is 6.10. The molecule has 1 aliphatic carbocycles. The summed E-state index contributed by atoms with van der Waals surface area (Å²) in [6.07, 6.45) is 6.11. The summed E-state index contributed by atoms with van der Waals surface area (Å²) in [5.41, 5.74) is 5.48. The van der Waals surface area contributed by atoms with E-state index in [2.05, 4.69) is 49.1 Å². The first-order valence-electron chi connectivity index (χ1n) is 7.16. The lowest BCUT2D eigenvalue weighted by molar-refractivity contribution is -0.130. The van der Waals surface area contributed by atoms with Gasteiger partial charge in [-0.3, -0.25) is 0 Å². The summed E-state index contributed by atoms with van der Waals surface area (Å²) in [5.74, 6) is -0.783. The van der Waals surface area contributed by atoms with Crippen molar-refractivity contribution in [2.75, 3.05) is 13.2 Å². The zero-order valence-corrected chi connectivity index (χ0v) is 11.7. The van der Waals surface area contributed by atoms with Gasteiger partial charge in [0.15, 0.2) is 0 Å². The van der Waals surface area contributed by atoms with E-state index < -0.39 is 5.79 Å². The van der Waals surface area contributed by atoms with Crippen LogP contribution >= 0.6 is 0 Å². The summed E-state index contributed by atoms with van der Waals surface area (Å²) in [7, 11) is 0. The van der Waals surface area contributed by atoms with Crippen molar-refractivity contribution in [2.45, 2.75) is 5.79 Å². The summed E-state index contributed by atoms with van der Waals surface area (Å²) < 4.78 is 12.2. The smallest absolute Gasteiger partial charge is 0.223 e. The fourth-order valence-electron chi connectivity index (χ4n) is 3.14. The van der Waals surface area contributed by atoms with E-state index in [1.165, 1.54) is 0 Å². The van der Waals surface area contributed by atoms with E-state index in [0.29, 0.717) is 13.2 Å². The zero-order chi connectivity index (χ0) is 14.3. The van der Waals surface area contributed by atoms with Gasteiger partial charge in [-0.25, -0.2) is 0 Å². The van der Waals surface area contributed by atoms with Gasteiger partial charge in [0.25, 0.3) is 0 Å². The zero-order valence-electron chi connectivity index (χ0n) is 11.7. The first-order chi connectivity index (χ1) is 10.3. The minimum absolute atomic E-state index is 0.608. The highest BCUT2D eigenvalue weighted by molar-refractivity contribution is 5.78. The van der Waals surface area contributed by atoms with Gasteiger partial charge in [0.05, 0.1) is 13.2 Å². The number of hydrogen-bond donors (Lipinski definition) is 0. The van der Waals surface area contributed by atoms with E-state index in [1.807, 2.05) is 18.2 Å². The Kier molecular flexibility index (Phi) is 2.81. The molecule has 0 bridgehead atoms. The SMILES string of the molecule is C=Cc1ccc2c(c1)C=Cc1ccccc1C21OCCO1. The normalized spacial score (nSPS) is 18.1. The van der Waals surface area contributed by atoms with Crippen LogP contribution in [0, 0.1) is 0 Å². The van der Waals surface area contributed by atoms with E-state index >= 15 is 0 Å². The molecule has 2 aromatic rings. The predicted octanol–water partition coefficient (Wildman–Crippen LogP) is 4.06. The number of benzene rings is 2. The molecule has 1 aliphatic heterocycles. The van der Waals surface area contributed by atoms with Crippen LogP contribution in [0.4, 0.5) is 0 Å². The average molecular weight is 276 g/mol. The molecule has 1 saturated heterocycles. The summed E-state index contributed by atoms with van der Waals surface area (Å²) in [6.45, 7) is 5.06. The van der Waals surface area contributed by atoms with Gasteiger partial charge < -0.3 is 9.47 Å². The standard InChI is InChI=1S/C19H16O2/c1-2-14-7-10-18-16(13-14)9-8-15-5-3-4-6-17(15)19(18)20-11-12-21-19/h2-10,13H,1,11-12H2. The van der Waals surface area contributed by atoms with Crippen LogP contribution in [0.1, 0.15) is 27.8 Å². The third kappa shape index (κ3) is 1.80. The van der Waals surface area contributed by atoms with Crippen molar-refractivity contribution in [1.29, 1.82) is 0 Å². The molecule has 1 fully saturated rings. The van der Waals surface area contributed by atoms with Gasteiger partial charge in [-0.2, -0.15) is 0 Å². The van der Waals surface area contributed by atoms with E-state index in [4.69, 9.17) is 9.47 Å². The maximum Gasteiger partial charge on any atom is 0.223 e. The lowest BCUT2D eigenvalue weighted by Gasteiger charge is -2.30. The predicted molar refractivity (Wildman–Crippen MR) is 84.6 cm³/mol. The summed E-state index contributed by atoms with van der Waals surface area (Å²) in [5, 5.41) is 0. The molecule has 2 aliphatic rings. The molecule has 0 radical (unpaired) electrons. The van der Waals surface area contributed by atoms with Crippen molar-refractivity contribution in [3.63, 3.8) is 0 Å². The molecule has 1 spiro atoms. The molecule has 4 rings (SSSR count). The first kappa shape index (κ1) is 12.6. The van der Waals surface area contributed by atoms with Gasteiger partial charge in [-0.1, -0.05) is 61.2 Å². The molecule has 0 atom stereocenters. The van der Waals surface area contributed by atoms with Gasteiger partial charge in [-0.15, -0.1) is 0 Å². The minimum Gasteiger partial charge on any atom is -0.340 e. The highest BCUT2D eigenvalue weighted by Crippen LogP contribution is 2.44. The quantitative estimate of drug-likeness (QED) is 0.782. The molecule has 0 aromatic heterocycles. The Morgan fingerprint density at radius 2 is 1.62 bits per heavy atom. The maximum atomic E-state index is 6.10. The molecule has 21 heavy (non-hydrogen) atoms. The second-order valence-electron chi connectivity index (χ2n) is 5.28. The first-order valence-corrected chi connectivity index (χ1v) is 7.16. The number of rotatable bonds is 1. The molecule has 0 amide bonds. The van der Waals surface area contributed by atoms with Crippen LogP contribution in [-0.4, -0.2) is 13.2 Å². The van der Waals surface area contributed by atoms with Gasteiger partial charge in [-0.05, 0) is 22.8 Å². The molecule has 0 N–H and O–H groups in total. The Labute approximate surface area is 124 Å². The van der Waals surface area contributed by atoms with Crippen molar-refractivity contribution in [3.05, 3.63) is 76.9 Å². The van der Waals surface area contributed by atoms with E-state index in [1.54, 1.807) is 0 Å². The molecule has 1 heterocycles. The van der Waals surface area contributed by atoms with Gasteiger partial charge >= 0.3 is 0 Å². The van der Waals surface area contributed by atoms with Gasteiger partial charge in [0.1, 0.15) is 0 Å². The highest BCUT2D eigenvalue weighted by Gasteiger charge is 2.43. The molecule has 2 nitrogen and oxygen atoms in total. The van der Waals surface area contributed by atoms with Crippen LogP contribution in [0.3, 0.4) is 0 Å². The molecule has 2 aromatic carbocycles. The Morgan fingerprint density at radius 3 is 2.43 bits per heavy atom. The second kappa shape index (κ2) is 4.69. The lowest BCUT2D eigenvalue weighted by Crippen LogP contribution is -2.30. The molecular weight excluding hydrogens is 260 g/mol. The molecule has 104 valence electrons. The second-order valence-corrected chi connectivity index (χ2v) is 5.28. The van der Waals surface area contributed by atoms with Crippen molar-refractivity contribution >= 4 is 18.2 Å². The largest absolute Gasteiger partial charge is 0.340 e. The fraction of sp³-hybridized carbons (Fsp3) is 0.158. The summed E-state index contributed by atoms with van der Waals surface area (Å²) in [4.78, 5) is 0. The Hall–Kier alpha value is -2.16. The monoisotopic (exact) mass is 276 g/mol. The van der Waals surface area contributed by atoms with Crippen LogP contribution in [0.15, 0.2) is 49.0 Å². The van der Waals surface area contributed by atoms with Crippen molar-refractivity contribution < 1.29 is 9.47 Å². The third-order valence-electron chi connectivity index (χ3n) is 4.12.